The average Bonchev–Trinajstić information content (AvgIpc) is 3.14. The Kier molecular flexibility index (Phi) is 4.18. The van der Waals surface area contributed by atoms with Crippen molar-refractivity contribution in [3.05, 3.63) is 6.33 Å². The minimum atomic E-state index is 0.372. The first-order valence-electron chi connectivity index (χ1n) is 6.98. The molecule has 0 amide bonds. The van der Waals surface area contributed by atoms with Crippen molar-refractivity contribution < 1.29 is 4.74 Å². The lowest BCUT2D eigenvalue weighted by Crippen LogP contribution is -2.09. The second-order valence-electron chi connectivity index (χ2n) is 4.78. The molecule has 1 aliphatic rings. The molecular weight excluding hydrogens is 290 g/mol. The van der Waals surface area contributed by atoms with Gasteiger partial charge in [0.1, 0.15) is 17.0 Å². The van der Waals surface area contributed by atoms with E-state index < -0.39 is 0 Å². The topological polar surface area (TPSA) is 105 Å². The van der Waals surface area contributed by atoms with Gasteiger partial charge >= 0.3 is 0 Å². The minimum absolute atomic E-state index is 0.372. The maximum atomic E-state index is 6.04. The summed E-state index contributed by atoms with van der Waals surface area (Å²) >= 11 is 1.35. The molecule has 0 bridgehead atoms. The van der Waals surface area contributed by atoms with Crippen LogP contribution in [0, 0.1) is 0 Å². The molecule has 0 unspecified atom stereocenters. The summed E-state index contributed by atoms with van der Waals surface area (Å²) in [6.45, 7) is 2.39. The highest BCUT2D eigenvalue weighted by molar-refractivity contribution is 7.99. The van der Waals surface area contributed by atoms with Crippen molar-refractivity contribution >= 4 is 17.4 Å². The Morgan fingerprint density at radius 2 is 2.19 bits per heavy atom. The molecule has 0 saturated heterocycles. The van der Waals surface area contributed by atoms with Crippen molar-refractivity contribution in [2.75, 3.05) is 12.3 Å². The molecule has 0 atom stereocenters. The van der Waals surface area contributed by atoms with E-state index in [1.807, 2.05) is 11.6 Å². The van der Waals surface area contributed by atoms with E-state index in [1.165, 1.54) is 30.9 Å². The normalized spacial score (nSPS) is 15.5. The van der Waals surface area contributed by atoms with E-state index in [0.717, 1.165) is 12.8 Å². The third-order valence-electron chi connectivity index (χ3n) is 3.41. The highest BCUT2D eigenvalue weighted by Gasteiger charge is 2.23. The van der Waals surface area contributed by atoms with Crippen LogP contribution in [0.4, 0.5) is 5.69 Å². The van der Waals surface area contributed by atoms with Gasteiger partial charge < -0.3 is 10.5 Å². The number of ether oxygens (including phenoxy) is 1. The summed E-state index contributed by atoms with van der Waals surface area (Å²) in [6.07, 6.45) is 6.11. The van der Waals surface area contributed by atoms with E-state index in [1.54, 1.807) is 0 Å². The zero-order valence-corrected chi connectivity index (χ0v) is 12.6. The number of nitrogens with zero attached hydrogens (tertiary/aromatic N) is 6. The van der Waals surface area contributed by atoms with E-state index in [2.05, 4.69) is 25.5 Å². The highest BCUT2D eigenvalue weighted by Crippen LogP contribution is 2.36. The molecule has 1 fully saturated rings. The van der Waals surface area contributed by atoms with Gasteiger partial charge in [-0.1, -0.05) is 12.8 Å². The van der Waals surface area contributed by atoms with Crippen LogP contribution in [-0.4, -0.2) is 36.8 Å². The minimum Gasteiger partial charge on any atom is -0.476 e. The Morgan fingerprint density at radius 1 is 1.38 bits per heavy atom. The van der Waals surface area contributed by atoms with Gasteiger partial charge in [0.15, 0.2) is 0 Å². The van der Waals surface area contributed by atoms with Gasteiger partial charge in [-0.25, -0.2) is 9.67 Å². The maximum Gasteiger partial charge on any atom is 0.241 e. The zero-order valence-electron chi connectivity index (χ0n) is 11.8. The Labute approximate surface area is 126 Å². The van der Waals surface area contributed by atoms with Crippen molar-refractivity contribution in [1.82, 2.24) is 30.2 Å². The predicted molar refractivity (Wildman–Crippen MR) is 77.1 cm³/mol. The van der Waals surface area contributed by atoms with Gasteiger partial charge in [-0.15, -0.1) is 5.10 Å². The smallest absolute Gasteiger partial charge is 0.241 e. The molecule has 3 rings (SSSR count). The number of aromatic nitrogens is 6. The Hall–Kier alpha value is -1.90. The van der Waals surface area contributed by atoms with Gasteiger partial charge in [0.2, 0.25) is 11.0 Å². The van der Waals surface area contributed by atoms with E-state index >= 15 is 0 Å². The second kappa shape index (κ2) is 6.25. The third kappa shape index (κ3) is 2.92. The predicted octanol–water partition coefficient (Wildman–Crippen LogP) is 1.71. The lowest BCUT2D eigenvalue weighted by Gasteiger charge is -2.11. The maximum absolute atomic E-state index is 6.04. The van der Waals surface area contributed by atoms with Gasteiger partial charge in [0, 0.05) is 0 Å². The van der Waals surface area contributed by atoms with Crippen LogP contribution in [-0.2, 0) is 0 Å². The molecule has 21 heavy (non-hydrogen) atoms. The van der Waals surface area contributed by atoms with E-state index in [9.17, 15) is 0 Å². The van der Waals surface area contributed by atoms with Crippen LogP contribution in [0.3, 0.4) is 0 Å². The van der Waals surface area contributed by atoms with Crippen LogP contribution in [0.2, 0.25) is 0 Å². The number of nitrogens with two attached hydrogens (primary N) is 1. The van der Waals surface area contributed by atoms with Gasteiger partial charge in [0.25, 0.3) is 0 Å². The van der Waals surface area contributed by atoms with Gasteiger partial charge in [0.05, 0.1) is 12.6 Å². The quantitative estimate of drug-likeness (QED) is 0.832. The Balaban J connectivity index is 1.84. The molecule has 0 radical (unpaired) electrons. The van der Waals surface area contributed by atoms with E-state index in [4.69, 9.17) is 10.5 Å². The molecule has 2 aromatic heterocycles. The van der Waals surface area contributed by atoms with Crippen molar-refractivity contribution in [2.45, 2.75) is 48.8 Å². The van der Waals surface area contributed by atoms with Crippen molar-refractivity contribution in [2.24, 2.45) is 0 Å². The number of rotatable bonds is 5. The summed E-state index contributed by atoms with van der Waals surface area (Å²) < 4.78 is 7.25. The molecule has 2 aromatic rings. The summed E-state index contributed by atoms with van der Waals surface area (Å²) in [5, 5.41) is 13.3. The molecule has 0 spiro atoms. The van der Waals surface area contributed by atoms with E-state index in [0.29, 0.717) is 34.4 Å². The summed E-state index contributed by atoms with van der Waals surface area (Å²) in [7, 11) is 0. The lowest BCUT2D eigenvalue weighted by atomic mass is 10.3. The fourth-order valence-corrected chi connectivity index (χ4v) is 3.24. The highest BCUT2D eigenvalue weighted by atomic mass is 32.2. The molecule has 0 aromatic carbocycles. The number of hydrogen-bond donors (Lipinski definition) is 1. The molecule has 2 N–H and O–H groups in total. The lowest BCUT2D eigenvalue weighted by molar-refractivity contribution is 0.327. The Morgan fingerprint density at radius 3 is 2.95 bits per heavy atom. The first-order chi connectivity index (χ1) is 10.3. The van der Waals surface area contributed by atoms with Crippen molar-refractivity contribution in [3.8, 4) is 5.88 Å². The van der Waals surface area contributed by atoms with Gasteiger partial charge in [-0.2, -0.15) is 4.98 Å². The number of anilines is 1. The molecule has 1 aliphatic carbocycles. The Bertz CT molecular complexity index is 611. The fraction of sp³-hybridized carbons (Fsp3) is 0.583. The standard InChI is InChI=1S/C12H17N7OS/c1-2-20-10-9(13)11(15-7-14-10)21-12-16-17-18-19(12)8-5-3-4-6-8/h7-8H,2-6,13H2,1H3. The van der Waals surface area contributed by atoms with Crippen LogP contribution in [0.15, 0.2) is 16.5 Å². The first-order valence-corrected chi connectivity index (χ1v) is 7.80. The van der Waals surface area contributed by atoms with E-state index in [-0.39, 0.29) is 0 Å². The summed E-state index contributed by atoms with van der Waals surface area (Å²) in [5.74, 6) is 0.398. The number of tetrazole rings is 1. The molecule has 8 nitrogen and oxygen atoms in total. The molecule has 1 saturated carbocycles. The van der Waals surface area contributed by atoms with Crippen molar-refractivity contribution in [3.63, 3.8) is 0 Å². The molecule has 9 heteroatoms. The van der Waals surface area contributed by atoms with Crippen LogP contribution < -0.4 is 10.5 Å². The summed E-state index contributed by atoms with van der Waals surface area (Å²) in [6, 6.07) is 0.372. The van der Waals surface area contributed by atoms with Crippen LogP contribution in [0.1, 0.15) is 38.6 Å². The third-order valence-corrected chi connectivity index (χ3v) is 4.38. The summed E-state index contributed by atoms with van der Waals surface area (Å²) in [5.41, 5.74) is 6.46. The number of hydrogen-bond acceptors (Lipinski definition) is 8. The molecule has 112 valence electrons. The zero-order chi connectivity index (χ0) is 14.7. The molecule has 0 aliphatic heterocycles. The molecular formula is C12H17N7OS. The van der Waals surface area contributed by atoms with Crippen molar-refractivity contribution in [1.29, 1.82) is 0 Å². The van der Waals surface area contributed by atoms with Gasteiger partial charge in [-0.3, -0.25) is 0 Å². The fourth-order valence-electron chi connectivity index (χ4n) is 2.41. The van der Waals surface area contributed by atoms with Gasteiger partial charge in [-0.05, 0) is 42.0 Å². The number of nitrogen functional groups attached to an aromatic ring is 1. The average molecular weight is 307 g/mol. The van der Waals surface area contributed by atoms with Crippen LogP contribution >= 0.6 is 11.8 Å². The first kappa shape index (κ1) is 14.1. The largest absolute Gasteiger partial charge is 0.476 e. The molecule has 2 heterocycles. The summed E-state index contributed by atoms with van der Waals surface area (Å²) in [4.78, 5) is 8.23. The van der Waals surface area contributed by atoms with Crippen LogP contribution in [0.25, 0.3) is 0 Å². The van der Waals surface area contributed by atoms with Crippen LogP contribution in [0.5, 0.6) is 5.88 Å². The second-order valence-corrected chi connectivity index (χ2v) is 5.73. The SMILES string of the molecule is CCOc1ncnc(Sc2nnnn2C2CCCC2)c1N. The monoisotopic (exact) mass is 307 g/mol.